The van der Waals surface area contributed by atoms with Crippen LogP contribution in [0.3, 0.4) is 0 Å². The second-order valence-corrected chi connectivity index (χ2v) is 8.08. The molecular formula is C24H25N5O5. The Morgan fingerprint density at radius 2 is 1.91 bits per heavy atom. The summed E-state index contributed by atoms with van der Waals surface area (Å²) in [7, 11) is 0. The van der Waals surface area contributed by atoms with E-state index in [4.69, 9.17) is 5.11 Å². The van der Waals surface area contributed by atoms with Gasteiger partial charge in [-0.1, -0.05) is 6.07 Å². The van der Waals surface area contributed by atoms with Gasteiger partial charge in [0.2, 0.25) is 5.91 Å². The van der Waals surface area contributed by atoms with Gasteiger partial charge in [0, 0.05) is 85.6 Å². The van der Waals surface area contributed by atoms with E-state index in [0.29, 0.717) is 29.7 Å². The van der Waals surface area contributed by atoms with Crippen molar-refractivity contribution < 1.29 is 24.6 Å². The lowest BCUT2D eigenvalue weighted by atomic mass is 10.0. The molecule has 10 heteroatoms. The molecule has 3 aromatic rings. The number of aliphatic carboxylic acids is 2. The summed E-state index contributed by atoms with van der Waals surface area (Å²) < 4.78 is 0. The number of nitrogens with zero attached hydrogens (tertiary/aromatic N) is 3. The van der Waals surface area contributed by atoms with Gasteiger partial charge in [0.05, 0.1) is 0 Å². The Kier molecular flexibility index (Phi) is 7.00. The van der Waals surface area contributed by atoms with Gasteiger partial charge in [0.15, 0.2) is 0 Å². The van der Waals surface area contributed by atoms with Crippen molar-refractivity contribution in [2.24, 2.45) is 0 Å². The first-order chi connectivity index (χ1) is 16.4. The van der Waals surface area contributed by atoms with Gasteiger partial charge in [-0.2, -0.15) is 0 Å². The summed E-state index contributed by atoms with van der Waals surface area (Å²) in [5.41, 5.74) is 2.92. The first-order valence-corrected chi connectivity index (χ1v) is 10.8. The van der Waals surface area contributed by atoms with E-state index in [2.05, 4.69) is 20.2 Å². The molecule has 0 saturated carbocycles. The van der Waals surface area contributed by atoms with Gasteiger partial charge < -0.3 is 20.5 Å². The average Bonchev–Trinajstić information content (AvgIpc) is 3.22. The van der Waals surface area contributed by atoms with Gasteiger partial charge in [0.25, 0.3) is 0 Å². The number of carbonyl (C=O) groups excluding carboxylic acids is 1. The van der Waals surface area contributed by atoms with Crippen molar-refractivity contribution in [1.82, 2.24) is 19.8 Å². The lowest BCUT2D eigenvalue weighted by Crippen LogP contribution is -2.48. The summed E-state index contributed by atoms with van der Waals surface area (Å²) in [6, 6.07) is 8.21. The topological polar surface area (TPSA) is 139 Å². The van der Waals surface area contributed by atoms with Gasteiger partial charge in [0.1, 0.15) is 6.04 Å². The SMILES string of the molecule is O=C(O)C=CC(=O)Nc1ccc2[nH]cc(C(C(=O)O)N3CCN(Cc4cccnc4)CC3)c2c1. The zero-order valence-electron chi connectivity index (χ0n) is 18.3. The van der Waals surface area contributed by atoms with Crippen molar-refractivity contribution in [2.75, 3.05) is 31.5 Å². The molecule has 1 saturated heterocycles. The first-order valence-electron chi connectivity index (χ1n) is 10.8. The highest BCUT2D eigenvalue weighted by atomic mass is 16.4. The predicted octanol–water partition coefficient (Wildman–Crippen LogP) is 2.09. The van der Waals surface area contributed by atoms with Gasteiger partial charge in [-0.3, -0.25) is 24.4 Å². The van der Waals surface area contributed by atoms with Crippen molar-refractivity contribution in [1.29, 1.82) is 0 Å². The third-order valence-electron chi connectivity index (χ3n) is 5.79. The summed E-state index contributed by atoms with van der Waals surface area (Å²) >= 11 is 0. The Bertz CT molecular complexity index is 1210. The summed E-state index contributed by atoms with van der Waals surface area (Å²) in [4.78, 5) is 46.4. The number of nitrogens with one attached hydrogen (secondary N) is 2. The van der Waals surface area contributed by atoms with Gasteiger partial charge in [-0.25, -0.2) is 4.79 Å². The second-order valence-electron chi connectivity index (χ2n) is 8.08. The Morgan fingerprint density at radius 3 is 2.59 bits per heavy atom. The molecule has 4 N–H and O–H groups in total. The number of pyridine rings is 1. The highest BCUT2D eigenvalue weighted by molar-refractivity contribution is 6.03. The van der Waals surface area contributed by atoms with Crippen LogP contribution in [0, 0.1) is 0 Å². The average molecular weight is 463 g/mol. The molecule has 1 unspecified atom stereocenters. The van der Waals surface area contributed by atoms with Crippen molar-refractivity contribution in [3.8, 4) is 0 Å². The molecule has 34 heavy (non-hydrogen) atoms. The van der Waals surface area contributed by atoms with E-state index >= 15 is 0 Å². The number of hydrogen-bond acceptors (Lipinski definition) is 6. The summed E-state index contributed by atoms with van der Waals surface area (Å²) in [6.45, 7) is 3.43. The third kappa shape index (κ3) is 5.48. The zero-order valence-corrected chi connectivity index (χ0v) is 18.3. The van der Waals surface area contributed by atoms with Crippen LogP contribution in [0.4, 0.5) is 5.69 Å². The van der Waals surface area contributed by atoms with E-state index in [9.17, 15) is 19.5 Å². The number of aromatic amines is 1. The molecule has 1 aromatic carbocycles. The Balaban J connectivity index is 1.50. The molecule has 3 heterocycles. The summed E-state index contributed by atoms with van der Waals surface area (Å²) in [6.07, 6.45) is 6.96. The number of carbonyl (C=O) groups is 3. The molecule has 0 aliphatic carbocycles. The van der Waals surface area contributed by atoms with Crippen LogP contribution in [0.5, 0.6) is 0 Å². The van der Waals surface area contributed by atoms with E-state index in [1.807, 2.05) is 23.2 Å². The Hall–Kier alpha value is -4.02. The van der Waals surface area contributed by atoms with Gasteiger partial charge in [-0.15, -0.1) is 0 Å². The molecule has 1 amide bonds. The van der Waals surface area contributed by atoms with Crippen molar-refractivity contribution in [2.45, 2.75) is 12.6 Å². The number of amides is 1. The van der Waals surface area contributed by atoms with Crippen LogP contribution in [0.15, 0.2) is 61.1 Å². The van der Waals surface area contributed by atoms with E-state index in [0.717, 1.165) is 42.9 Å². The molecule has 4 rings (SSSR count). The van der Waals surface area contributed by atoms with Crippen molar-refractivity contribution in [3.63, 3.8) is 0 Å². The van der Waals surface area contributed by atoms with Crippen LogP contribution < -0.4 is 5.32 Å². The molecule has 1 atom stereocenters. The summed E-state index contributed by atoms with van der Waals surface area (Å²) in [5, 5.41) is 22.0. The molecule has 10 nitrogen and oxygen atoms in total. The molecule has 0 spiro atoms. The third-order valence-corrected chi connectivity index (χ3v) is 5.79. The second kappa shape index (κ2) is 10.3. The lowest BCUT2D eigenvalue weighted by Gasteiger charge is -2.37. The van der Waals surface area contributed by atoms with E-state index in [-0.39, 0.29) is 0 Å². The largest absolute Gasteiger partial charge is 0.480 e. The van der Waals surface area contributed by atoms with Gasteiger partial charge in [-0.05, 0) is 29.8 Å². The van der Waals surface area contributed by atoms with Crippen LogP contribution in [0.1, 0.15) is 17.2 Å². The standard InChI is InChI=1S/C24H25N5O5/c30-21(5-6-22(31)32)27-17-3-4-20-18(12-17)19(14-26-20)23(24(33)34)29-10-8-28(9-11-29)15-16-2-1-7-25-13-16/h1-7,12-14,23,26H,8-11,15H2,(H,27,30)(H,31,32)(H,33,34). The molecule has 0 radical (unpaired) electrons. The number of piperazine rings is 1. The number of fused-ring (bicyclic) bond motifs is 1. The smallest absolute Gasteiger partial charge is 0.328 e. The maximum atomic E-state index is 12.3. The Morgan fingerprint density at radius 1 is 1.12 bits per heavy atom. The molecule has 1 aliphatic rings. The molecule has 1 fully saturated rings. The number of carboxylic acid groups (broad SMARTS) is 2. The fraction of sp³-hybridized carbons (Fsp3) is 0.250. The minimum absolute atomic E-state index is 0.443. The van der Waals surface area contributed by atoms with Crippen LogP contribution in [-0.4, -0.2) is 74.0 Å². The van der Waals surface area contributed by atoms with E-state index in [1.54, 1.807) is 30.6 Å². The van der Waals surface area contributed by atoms with Crippen LogP contribution in [-0.2, 0) is 20.9 Å². The zero-order chi connectivity index (χ0) is 24.1. The predicted molar refractivity (Wildman–Crippen MR) is 125 cm³/mol. The Labute approximate surface area is 195 Å². The fourth-order valence-corrected chi connectivity index (χ4v) is 4.19. The van der Waals surface area contributed by atoms with E-state index in [1.165, 1.54) is 0 Å². The molecular weight excluding hydrogens is 438 g/mol. The minimum atomic E-state index is -1.22. The van der Waals surface area contributed by atoms with Crippen LogP contribution in [0.25, 0.3) is 10.9 Å². The van der Waals surface area contributed by atoms with Crippen LogP contribution in [0.2, 0.25) is 0 Å². The normalized spacial score (nSPS) is 16.0. The molecule has 176 valence electrons. The monoisotopic (exact) mass is 463 g/mol. The minimum Gasteiger partial charge on any atom is -0.480 e. The molecule has 0 bridgehead atoms. The highest BCUT2D eigenvalue weighted by Gasteiger charge is 2.32. The lowest BCUT2D eigenvalue weighted by molar-refractivity contribution is -0.144. The molecule has 1 aliphatic heterocycles. The number of hydrogen-bond donors (Lipinski definition) is 4. The number of rotatable bonds is 8. The summed E-state index contributed by atoms with van der Waals surface area (Å²) in [5.74, 6) is -2.75. The van der Waals surface area contributed by atoms with Crippen LogP contribution >= 0.6 is 0 Å². The van der Waals surface area contributed by atoms with Gasteiger partial charge >= 0.3 is 11.9 Å². The fourth-order valence-electron chi connectivity index (χ4n) is 4.19. The number of carboxylic acids is 2. The van der Waals surface area contributed by atoms with E-state index < -0.39 is 23.9 Å². The van der Waals surface area contributed by atoms with Crippen molar-refractivity contribution >= 4 is 34.4 Å². The maximum absolute atomic E-state index is 12.3. The van der Waals surface area contributed by atoms with Crippen molar-refractivity contribution in [3.05, 3.63) is 72.2 Å². The number of aromatic nitrogens is 2. The first kappa shape index (κ1) is 23.1. The molecule has 2 aromatic heterocycles. The number of H-pyrrole nitrogens is 1. The highest BCUT2D eigenvalue weighted by Crippen LogP contribution is 2.31. The quantitative estimate of drug-likeness (QED) is 0.373. The number of anilines is 1. The number of benzene rings is 1. The maximum Gasteiger partial charge on any atom is 0.328 e.